The number of hydrogen-bond donors (Lipinski definition) is 2. The summed E-state index contributed by atoms with van der Waals surface area (Å²) in [4.78, 5) is 4.19. The van der Waals surface area contributed by atoms with Crippen LogP contribution >= 0.6 is 23.4 Å². The maximum atomic E-state index is 5.84. The molecule has 0 aliphatic carbocycles. The first-order valence-electron chi connectivity index (χ1n) is 5.38. The molecule has 1 unspecified atom stereocenters. The van der Waals surface area contributed by atoms with E-state index < -0.39 is 0 Å². The summed E-state index contributed by atoms with van der Waals surface area (Å²) in [5, 5.41) is 3.75. The highest BCUT2D eigenvalue weighted by atomic mass is 35.5. The van der Waals surface area contributed by atoms with Gasteiger partial charge in [0.25, 0.3) is 0 Å². The molecule has 1 atom stereocenters. The molecule has 2 rings (SSSR count). The number of anilines is 2. The number of nitrogens with two attached hydrogens (primary N) is 1. The molecule has 0 radical (unpaired) electrons. The molecule has 0 amide bonds. The van der Waals surface area contributed by atoms with E-state index in [1.54, 1.807) is 6.07 Å². The van der Waals surface area contributed by atoms with Crippen molar-refractivity contribution in [3.63, 3.8) is 0 Å². The van der Waals surface area contributed by atoms with Crippen LogP contribution in [0, 0.1) is 0 Å². The number of hydrogen-bond acceptors (Lipinski definition) is 4. The van der Waals surface area contributed by atoms with Gasteiger partial charge in [0.2, 0.25) is 0 Å². The molecule has 1 aliphatic heterocycles. The van der Waals surface area contributed by atoms with Crippen molar-refractivity contribution in [3.8, 4) is 0 Å². The first-order valence-corrected chi connectivity index (χ1v) is 6.75. The van der Waals surface area contributed by atoms with Gasteiger partial charge in [-0.1, -0.05) is 11.6 Å². The minimum Gasteiger partial charge on any atom is -0.399 e. The maximum Gasteiger partial charge on any atom is 0.133 e. The zero-order valence-corrected chi connectivity index (χ0v) is 10.9. The fourth-order valence-electron chi connectivity index (χ4n) is 1.86. The summed E-state index contributed by atoms with van der Waals surface area (Å²) in [6.45, 7) is 3.19. The molecule has 0 bridgehead atoms. The first kappa shape index (κ1) is 11.9. The van der Waals surface area contributed by atoms with Crippen LogP contribution in [-0.4, -0.2) is 22.0 Å². The van der Waals surface area contributed by atoms with Crippen LogP contribution in [0.3, 0.4) is 0 Å². The number of aromatic nitrogens is 1. The molecule has 0 aromatic carbocycles. The lowest BCUT2D eigenvalue weighted by atomic mass is 10.1. The second kappa shape index (κ2) is 4.72. The van der Waals surface area contributed by atoms with Crippen molar-refractivity contribution >= 4 is 34.9 Å². The van der Waals surface area contributed by atoms with Crippen LogP contribution in [0.4, 0.5) is 11.5 Å². The van der Waals surface area contributed by atoms with Crippen molar-refractivity contribution in [2.75, 3.05) is 23.3 Å². The van der Waals surface area contributed by atoms with Crippen LogP contribution in [0.15, 0.2) is 12.1 Å². The second-order valence-electron chi connectivity index (χ2n) is 4.36. The highest BCUT2D eigenvalue weighted by Crippen LogP contribution is 2.37. The third-order valence-electron chi connectivity index (χ3n) is 2.76. The Bertz CT molecular complexity index is 357. The normalized spacial score (nSPS) is 24.6. The maximum absolute atomic E-state index is 5.84. The van der Waals surface area contributed by atoms with Crippen molar-refractivity contribution in [1.29, 1.82) is 0 Å². The lowest BCUT2D eigenvalue weighted by molar-refractivity contribution is 0.634. The van der Waals surface area contributed by atoms with E-state index >= 15 is 0 Å². The average molecular weight is 258 g/mol. The molecule has 3 nitrogen and oxygen atoms in total. The number of nitrogen functional groups attached to an aromatic ring is 1. The Morgan fingerprint density at radius 1 is 1.62 bits per heavy atom. The van der Waals surface area contributed by atoms with Crippen LogP contribution < -0.4 is 11.1 Å². The van der Waals surface area contributed by atoms with E-state index in [4.69, 9.17) is 17.3 Å². The van der Waals surface area contributed by atoms with Crippen molar-refractivity contribution in [2.24, 2.45) is 0 Å². The summed E-state index contributed by atoms with van der Waals surface area (Å²) in [7, 11) is 0. The smallest absolute Gasteiger partial charge is 0.133 e. The lowest BCUT2D eigenvalue weighted by Crippen LogP contribution is -2.27. The predicted octanol–water partition coefficient (Wildman–Crippen LogP) is 3.01. The van der Waals surface area contributed by atoms with E-state index in [1.807, 2.05) is 17.8 Å². The van der Waals surface area contributed by atoms with Gasteiger partial charge in [-0.25, -0.2) is 4.98 Å². The lowest BCUT2D eigenvalue weighted by Gasteiger charge is -2.23. The highest BCUT2D eigenvalue weighted by molar-refractivity contribution is 8.00. The van der Waals surface area contributed by atoms with Crippen molar-refractivity contribution in [3.05, 3.63) is 17.3 Å². The molecule has 2 heterocycles. The number of pyridine rings is 1. The highest BCUT2D eigenvalue weighted by Gasteiger charge is 2.29. The summed E-state index contributed by atoms with van der Waals surface area (Å²) in [5.74, 6) is 2.02. The van der Waals surface area contributed by atoms with Gasteiger partial charge in [-0.3, -0.25) is 0 Å². The van der Waals surface area contributed by atoms with E-state index in [0.717, 1.165) is 12.4 Å². The van der Waals surface area contributed by atoms with Gasteiger partial charge in [0.1, 0.15) is 11.0 Å². The number of nitrogens with zero attached hydrogens (tertiary/aromatic N) is 1. The summed E-state index contributed by atoms with van der Waals surface area (Å²) in [6, 6.07) is 3.47. The number of halogens is 1. The van der Waals surface area contributed by atoms with E-state index in [2.05, 4.69) is 17.2 Å². The van der Waals surface area contributed by atoms with Crippen LogP contribution in [0.2, 0.25) is 5.15 Å². The summed E-state index contributed by atoms with van der Waals surface area (Å²) >= 11 is 7.86. The third-order valence-corrected chi connectivity index (χ3v) is 4.49. The fourth-order valence-corrected chi connectivity index (χ4v) is 3.32. The minimum atomic E-state index is 0.318. The van der Waals surface area contributed by atoms with Crippen LogP contribution in [0.1, 0.15) is 19.8 Å². The third kappa shape index (κ3) is 2.95. The van der Waals surface area contributed by atoms with Gasteiger partial charge in [-0.05, 0) is 31.6 Å². The molecule has 1 aliphatic rings. The standard InChI is InChI=1S/C11H16ClN3S/c1-11(3-2-4-16-11)7-14-10-6-8(13)5-9(12)15-10/h5-6H,2-4,7H2,1H3,(H3,13,14,15). The molecule has 1 aromatic rings. The monoisotopic (exact) mass is 257 g/mol. The van der Waals surface area contributed by atoms with E-state index in [0.29, 0.717) is 15.6 Å². The molecular formula is C11H16ClN3S. The quantitative estimate of drug-likeness (QED) is 0.818. The van der Waals surface area contributed by atoms with E-state index in [-0.39, 0.29) is 0 Å². The van der Waals surface area contributed by atoms with Crippen LogP contribution in [-0.2, 0) is 0 Å². The predicted molar refractivity (Wildman–Crippen MR) is 72.2 cm³/mol. The van der Waals surface area contributed by atoms with E-state index in [9.17, 15) is 0 Å². The average Bonchev–Trinajstić information content (AvgIpc) is 2.62. The molecule has 0 spiro atoms. The second-order valence-corrected chi connectivity index (χ2v) is 6.43. The summed E-state index contributed by atoms with van der Waals surface area (Å²) in [5.41, 5.74) is 6.35. The van der Waals surface area contributed by atoms with Gasteiger partial charge >= 0.3 is 0 Å². The van der Waals surface area contributed by atoms with E-state index in [1.165, 1.54) is 18.6 Å². The molecule has 16 heavy (non-hydrogen) atoms. The Morgan fingerprint density at radius 2 is 2.44 bits per heavy atom. The van der Waals surface area contributed by atoms with Gasteiger partial charge < -0.3 is 11.1 Å². The Morgan fingerprint density at radius 3 is 3.06 bits per heavy atom. The van der Waals surface area contributed by atoms with Gasteiger partial charge in [0, 0.05) is 23.0 Å². The van der Waals surface area contributed by atoms with Gasteiger partial charge in [-0.2, -0.15) is 11.8 Å². The first-order chi connectivity index (χ1) is 7.57. The van der Waals surface area contributed by atoms with Gasteiger partial charge in [-0.15, -0.1) is 0 Å². The Kier molecular flexibility index (Phi) is 3.50. The number of rotatable bonds is 3. The zero-order valence-electron chi connectivity index (χ0n) is 9.29. The summed E-state index contributed by atoms with van der Waals surface area (Å²) < 4.78 is 0.318. The Balaban J connectivity index is 1.98. The molecule has 0 saturated carbocycles. The molecule has 5 heteroatoms. The van der Waals surface area contributed by atoms with Gasteiger partial charge in [0.15, 0.2) is 0 Å². The number of thioether (sulfide) groups is 1. The van der Waals surface area contributed by atoms with Crippen LogP contribution in [0.25, 0.3) is 0 Å². The fraction of sp³-hybridized carbons (Fsp3) is 0.545. The SMILES string of the molecule is CC1(CNc2cc(N)cc(Cl)n2)CCCS1. The topological polar surface area (TPSA) is 50.9 Å². The van der Waals surface area contributed by atoms with Crippen molar-refractivity contribution < 1.29 is 0 Å². The Hall–Kier alpha value is -0.610. The molecular weight excluding hydrogens is 242 g/mol. The Labute approximate surface area is 105 Å². The van der Waals surface area contributed by atoms with Gasteiger partial charge in [0.05, 0.1) is 0 Å². The summed E-state index contributed by atoms with van der Waals surface area (Å²) in [6.07, 6.45) is 2.55. The van der Waals surface area contributed by atoms with Crippen molar-refractivity contribution in [2.45, 2.75) is 24.5 Å². The molecule has 1 saturated heterocycles. The van der Waals surface area contributed by atoms with Crippen molar-refractivity contribution in [1.82, 2.24) is 4.98 Å². The zero-order chi connectivity index (χ0) is 11.6. The van der Waals surface area contributed by atoms with Crippen LogP contribution in [0.5, 0.6) is 0 Å². The largest absolute Gasteiger partial charge is 0.399 e. The number of nitrogens with one attached hydrogen (secondary N) is 1. The molecule has 1 fully saturated rings. The molecule has 88 valence electrons. The molecule has 3 N–H and O–H groups in total. The minimum absolute atomic E-state index is 0.318. The molecule has 1 aromatic heterocycles.